The summed E-state index contributed by atoms with van der Waals surface area (Å²) in [6, 6.07) is -0.159. The Morgan fingerprint density at radius 1 is 1.69 bits per heavy atom. The number of carbonyl (C=O) groups excluding carboxylic acids is 2. The van der Waals surface area contributed by atoms with Crippen LogP contribution in [0.2, 0.25) is 0 Å². The van der Waals surface area contributed by atoms with Crippen molar-refractivity contribution >= 4 is 11.8 Å². The van der Waals surface area contributed by atoms with Gasteiger partial charge in [-0.2, -0.15) is 0 Å². The average molecular weight is 227 g/mol. The predicted molar refractivity (Wildman–Crippen MR) is 61.7 cm³/mol. The van der Waals surface area contributed by atoms with E-state index in [4.69, 9.17) is 5.73 Å². The summed E-state index contributed by atoms with van der Waals surface area (Å²) in [6.07, 6.45) is 2.08. The number of primary amides is 1. The van der Waals surface area contributed by atoms with Crippen LogP contribution in [-0.2, 0) is 9.59 Å². The molecular formula is C11H21N3O2. The second-order valence-electron chi connectivity index (χ2n) is 4.35. The summed E-state index contributed by atoms with van der Waals surface area (Å²) in [5.74, 6) is -0.257. The van der Waals surface area contributed by atoms with Crippen molar-refractivity contribution in [2.24, 2.45) is 5.73 Å². The number of nitrogens with zero attached hydrogens (tertiary/aromatic N) is 1. The van der Waals surface area contributed by atoms with Crippen LogP contribution in [-0.4, -0.2) is 41.9 Å². The Kier molecular flexibility index (Phi) is 4.73. The van der Waals surface area contributed by atoms with Crippen LogP contribution in [0.3, 0.4) is 0 Å². The lowest BCUT2D eigenvalue weighted by Gasteiger charge is -2.23. The van der Waals surface area contributed by atoms with Crippen LogP contribution >= 0.6 is 0 Å². The van der Waals surface area contributed by atoms with Crippen LogP contribution < -0.4 is 11.1 Å². The van der Waals surface area contributed by atoms with Gasteiger partial charge in [-0.1, -0.05) is 6.92 Å². The van der Waals surface area contributed by atoms with Crippen molar-refractivity contribution in [2.75, 3.05) is 13.1 Å². The number of carbonyl (C=O) groups is 2. The van der Waals surface area contributed by atoms with E-state index in [0.29, 0.717) is 6.54 Å². The minimum Gasteiger partial charge on any atom is -0.370 e. The van der Waals surface area contributed by atoms with Gasteiger partial charge in [0.05, 0.1) is 6.04 Å². The molecular weight excluding hydrogens is 206 g/mol. The number of nitrogens with one attached hydrogen (secondary N) is 1. The first kappa shape index (κ1) is 13.0. The fourth-order valence-electron chi connectivity index (χ4n) is 2.05. The SMILES string of the molecule is CCCNC1CCN(C(C)CC(N)=O)C1=O. The number of rotatable bonds is 6. The summed E-state index contributed by atoms with van der Waals surface area (Å²) in [4.78, 5) is 24.5. The van der Waals surface area contributed by atoms with Gasteiger partial charge in [-0.3, -0.25) is 9.59 Å². The zero-order valence-corrected chi connectivity index (χ0v) is 10.0. The Morgan fingerprint density at radius 3 is 2.94 bits per heavy atom. The molecule has 5 nitrogen and oxygen atoms in total. The van der Waals surface area contributed by atoms with E-state index in [2.05, 4.69) is 12.2 Å². The van der Waals surface area contributed by atoms with E-state index in [1.165, 1.54) is 0 Å². The van der Waals surface area contributed by atoms with Gasteiger partial charge in [0.2, 0.25) is 11.8 Å². The van der Waals surface area contributed by atoms with E-state index in [1.807, 2.05) is 6.92 Å². The van der Waals surface area contributed by atoms with Crippen molar-refractivity contribution < 1.29 is 9.59 Å². The van der Waals surface area contributed by atoms with Gasteiger partial charge in [0.25, 0.3) is 0 Å². The molecule has 0 radical (unpaired) electrons. The molecule has 16 heavy (non-hydrogen) atoms. The molecule has 0 saturated carbocycles. The zero-order chi connectivity index (χ0) is 12.1. The molecule has 2 unspecified atom stereocenters. The van der Waals surface area contributed by atoms with Crippen LogP contribution in [0, 0.1) is 0 Å². The minimum atomic E-state index is -0.356. The molecule has 0 aliphatic carbocycles. The van der Waals surface area contributed by atoms with E-state index in [0.717, 1.165) is 19.4 Å². The summed E-state index contributed by atoms with van der Waals surface area (Å²) < 4.78 is 0. The normalized spacial score (nSPS) is 22.5. The van der Waals surface area contributed by atoms with Gasteiger partial charge < -0.3 is 16.0 Å². The molecule has 1 saturated heterocycles. The summed E-state index contributed by atoms with van der Waals surface area (Å²) in [5, 5.41) is 3.21. The first-order valence-electron chi connectivity index (χ1n) is 5.88. The third kappa shape index (κ3) is 3.20. The standard InChI is InChI=1S/C11H21N3O2/c1-3-5-13-9-4-6-14(11(9)16)8(2)7-10(12)15/h8-9,13H,3-7H2,1-2H3,(H2,12,15). The number of likely N-dealkylation sites (tertiary alicyclic amines) is 1. The van der Waals surface area contributed by atoms with Crippen molar-refractivity contribution in [2.45, 2.75) is 45.2 Å². The lowest BCUT2D eigenvalue weighted by Crippen LogP contribution is -2.43. The van der Waals surface area contributed by atoms with Crippen LogP contribution in [0.4, 0.5) is 0 Å². The maximum absolute atomic E-state index is 11.9. The summed E-state index contributed by atoms with van der Waals surface area (Å²) in [5.41, 5.74) is 5.13. The highest BCUT2D eigenvalue weighted by molar-refractivity contribution is 5.85. The molecule has 2 amide bonds. The first-order valence-corrected chi connectivity index (χ1v) is 5.88. The fraction of sp³-hybridized carbons (Fsp3) is 0.818. The van der Waals surface area contributed by atoms with E-state index in [-0.39, 0.29) is 30.3 Å². The molecule has 1 fully saturated rings. The third-order valence-electron chi connectivity index (χ3n) is 2.91. The zero-order valence-electron chi connectivity index (χ0n) is 10.0. The van der Waals surface area contributed by atoms with Gasteiger partial charge in [-0.15, -0.1) is 0 Å². The first-order chi connectivity index (χ1) is 7.56. The van der Waals surface area contributed by atoms with Gasteiger partial charge in [0, 0.05) is 19.0 Å². The Morgan fingerprint density at radius 2 is 2.38 bits per heavy atom. The Hall–Kier alpha value is -1.10. The van der Waals surface area contributed by atoms with Crippen molar-refractivity contribution in [1.29, 1.82) is 0 Å². The Labute approximate surface area is 96.4 Å². The highest BCUT2D eigenvalue weighted by Gasteiger charge is 2.33. The van der Waals surface area contributed by atoms with Crippen molar-refractivity contribution in [3.63, 3.8) is 0 Å². The van der Waals surface area contributed by atoms with Crippen molar-refractivity contribution in [1.82, 2.24) is 10.2 Å². The van der Waals surface area contributed by atoms with Gasteiger partial charge in [0.1, 0.15) is 0 Å². The number of hydrogen-bond donors (Lipinski definition) is 2. The molecule has 0 aromatic carbocycles. The Balaban J connectivity index is 2.46. The average Bonchev–Trinajstić information content (AvgIpc) is 2.56. The second-order valence-corrected chi connectivity index (χ2v) is 4.35. The molecule has 1 heterocycles. The van der Waals surface area contributed by atoms with Crippen molar-refractivity contribution in [3.8, 4) is 0 Å². The lowest BCUT2D eigenvalue weighted by atomic mass is 10.2. The maximum atomic E-state index is 11.9. The van der Waals surface area contributed by atoms with E-state index < -0.39 is 0 Å². The van der Waals surface area contributed by atoms with Crippen LogP contribution in [0.25, 0.3) is 0 Å². The highest BCUT2D eigenvalue weighted by atomic mass is 16.2. The summed E-state index contributed by atoms with van der Waals surface area (Å²) in [7, 11) is 0. The van der Waals surface area contributed by atoms with Gasteiger partial charge in [0.15, 0.2) is 0 Å². The monoisotopic (exact) mass is 227 g/mol. The second kappa shape index (κ2) is 5.84. The summed E-state index contributed by atoms with van der Waals surface area (Å²) in [6.45, 7) is 5.51. The smallest absolute Gasteiger partial charge is 0.240 e. The molecule has 3 N–H and O–H groups in total. The molecule has 1 rings (SSSR count). The van der Waals surface area contributed by atoms with Gasteiger partial charge >= 0.3 is 0 Å². The quantitative estimate of drug-likeness (QED) is 0.662. The molecule has 1 aliphatic rings. The van der Waals surface area contributed by atoms with E-state index >= 15 is 0 Å². The van der Waals surface area contributed by atoms with Gasteiger partial charge in [-0.25, -0.2) is 0 Å². The highest BCUT2D eigenvalue weighted by Crippen LogP contribution is 2.16. The van der Waals surface area contributed by atoms with E-state index in [9.17, 15) is 9.59 Å². The van der Waals surface area contributed by atoms with Crippen LogP contribution in [0.5, 0.6) is 0 Å². The third-order valence-corrected chi connectivity index (χ3v) is 2.91. The predicted octanol–water partition coefficient (Wildman–Crippen LogP) is -0.149. The van der Waals surface area contributed by atoms with Crippen molar-refractivity contribution in [3.05, 3.63) is 0 Å². The van der Waals surface area contributed by atoms with Crippen LogP contribution in [0.15, 0.2) is 0 Å². The van der Waals surface area contributed by atoms with Crippen LogP contribution in [0.1, 0.15) is 33.1 Å². The molecule has 0 aromatic heterocycles. The molecule has 5 heteroatoms. The minimum absolute atomic E-state index is 0.0738. The molecule has 0 bridgehead atoms. The number of hydrogen-bond acceptors (Lipinski definition) is 3. The Bertz CT molecular complexity index is 268. The molecule has 0 spiro atoms. The number of nitrogens with two attached hydrogens (primary N) is 1. The lowest BCUT2D eigenvalue weighted by molar-refractivity contribution is -0.131. The topological polar surface area (TPSA) is 75.4 Å². The summed E-state index contributed by atoms with van der Waals surface area (Å²) >= 11 is 0. The van der Waals surface area contributed by atoms with Gasteiger partial charge in [-0.05, 0) is 26.3 Å². The molecule has 2 atom stereocenters. The molecule has 0 aromatic rings. The maximum Gasteiger partial charge on any atom is 0.240 e. The number of amides is 2. The molecule has 92 valence electrons. The largest absolute Gasteiger partial charge is 0.370 e. The van der Waals surface area contributed by atoms with E-state index in [1.54, 1.807) is 4.90 Å². The molecule has 1 aliphatic heterocycles. The fourth-order valence-corrected chi connectivity index (χ4v) is 2.05.